The first kappa shape index (κ1) is 20.9. The second-order valence-electron chi connectivity index (χ2n) is 6.91. The number of thiophene rings is 1. The average molecular weight is 417 g/mol. The number of anilines is 1. The predicted octanol–water partition coefficient (Wildman–Crippen LogP) is 3.50. The Morgan fingerprint density at radius 2 is 2.07 bits per heavy atom. The van der Waals surface area contributed by atoms with Gasteiger partial charge in [0.05, 0.1) is 19.8 Å². The lowest BCUT2D eigenvalue weighted by Crippen LogP contribution is -2.21. The molecular weight excluding hydrogens is 394 g/mol. The van der Waals surface area contributed by atoms with Crippen molar-refractivity contribution in [1.82, 2.24) is 0 Å². The highest BCUT2D eigenvalue weighted by atomic mass is 32.1. The van der Waals surface area contributed by atoms with Gasteiger partial charge in [-0.3, -0.25) is 9.59 Å². The molecule has 154 valence electrons. The molecule has 1 amide bonds. The minimum atomic E-state index is -0.445. The van der Waals surface area contributed by atoms with Crippen molar-refractivity contribution in [1.29, 1.82) is 0 Å². The lowest BCUT2D eigenvalue weighted by atomic mass is 9.88. The van der Waals surface area contributed by atoms with Gasteiger partial charge in [0, 0.05) is 10.4 Å². The van der Waals surface area contributed by atoms with E-state index in [4.69, 9.17) is 14.2 Å². The Bertz CT molecular complexity index is 935. The Morgan fingerprint density at radius 3 is 2.76 bits per heavy atom. The van der Waals surface area contributed by atoms with Gasteiger partial charge in [0.15, 0.2) is 18.1 Å². The van der Waals surface area contributed by atoms with Gasteiger partial charge >= 0.3 is 5.97 Å². The molecule has 0 fully saturated rings. The maximum Gasteiger partial charge on any atom is 0.341 e. The van der Waals surface area contributed by atoms with Crippen molar-refractivity contribution in [3.8, 4) is 11.5 Å². The Balaban J connectivity index is 1.74. The van der Waals surface area contributed by atoms with E-state index in [0.29, 0.717) is 39.8 Å². The Labute approximate surface area is 173 Å². The summed E-state index contributed by atoms with van der Waals surface area (Å²) in [6, 6.07) is 4.68. The van der Waals surface area contributed by atoms with Crippen LogP contribution < -0.4 is 14.8 Å². The van der Waals surface area contributed by atoms with Crippen LogP contribution in [0.2, 0.25) is 0 Å². The molecule has 0 saturated heterocycles. The molecule has 1 atom stereocenters. The summed E-state index contributed by atoms with van der Waals surface area (Å²) in [5.41, 5.74) is 1.86. The molecule has 3 rings (SSSR count). The van der Waals surface area contributed by atoms with E-state index in [2.05, 4.69) is 12.2 Å². The van der Waals surface area contributed by atoms with Gasteiger partial charge in [0.2, 0.25) is 0 Å². The number of nitrogens with one attached hydrogen (secondary N) is 1. The Morgan fingerprint density at radius 1 is 1.28 bits per heavy atom. The van der Waals surface area contributed by atoms with Gasteiger partial charge in [0.1, 0.15) is 11.3 Å². The fourth-order valence-corrected chi connectivity index (χ4v) is 4.75. The maximum absolute atomic E-state index is 12.5. The number of rotatable bonds is 7. The van der Waals surface area contributed by atoms with E-state index in [1.165, 1.54) is 31.6 Å². The van der Waals surface area contributed by atoms with Crippen molar-refractivity contribution in [3.63, 3.8) is 0 Å². The van der Waals surface area contributed by atoms with Crippen molar-refractivity contribution < 1.29 is 28.6 Å². The van der Waals surface area contributed by atoms with Crippen molar-refractivity contribution >= 4 is 34.5 Å². The van der Waals surface area contributed by atoms with Gasteiger partial charge in [-0.05, 0) is 48.9 Å². The number of carbonyl (C=O) groups excluding carboxylic acids is 3. The van der Waals surface area contributed by atoms with E-state index in [9.17, 15) is 14.4 Å². The quantitative estimate of drug-likeness (QED) is 0.548. The largest absolute Gasteiger partial charge is 0.493 e. The summed E-state index contributed by atoms with van der Waals surface area (Å²) >= 11 is 1.42. The molecule has 2 aromatic rings. The second-order valence-corrected chi connectivity index (χ2v) is 8.02. The number of carbonyl (C=O) groups is 3. The van der Waals surface area contributed by atoms with E-state index in [-0.39, 0.29) is 6.61 Å². The van der Waals surface area contributed by atoms with E-state index in [1.807, 2.05) is 0 Å². The molecule has 1 aromatic carbocycles. The molecule has 0 spiro atoms. The van der Waals surface area contributed by atoms with Gasteiger partial charge in [-0.25, -0.2) is 4.79 Å². The SMILES string of the molecule is COC(=O)c1c(NC(=O)COc2ccc(C=O)cc2OC)sc2c1CCC(C)C2. The number of aldehydes is 1. The van der Waals surface area contributed by atoms with Crippen LogP contribution in [0.4, 0.5) is 5.00 Å². The van der Waals surface area contributed by atoms with Crippen LogP contribution in [0, 0.1) is 5.92 Å². The molecule has 29 heavy (non-hydrogen) atoms. The number of benzene rings is 1. The van der Waals surface area contributed by atoms with Gasteiger partial charge < -0.3 is 19.5 Å². The van der Waals surface area contributed by atoms with E-state index < -0.39 is 11.9 Å². The van der Waals surface area contributed by atoms with Crippen LogP contribution in [-0.2, 0) is 22.4 Å². The zero-order chi connectivity index (χ0) is 21.0. The van der Waals surface area contributed by atoms with E-state index in [1.54, 1.807) is 12.1 Å². The van der Waals surface area contributed by atoms with Crippen molar-refractivity contribution in [2.45, 2.75) is 26.2 Å². The number of fused-ring (bicyclic) bond motifs is 1. The molecule has 0 saturated carbocycles. The first-order valence-electron chi connectivity index (χ1n) is 9.25. The third-order valence-corrected chi connectivity index (χ3v) is 6.01. The topological polar surface area (TPSA) is 90.9 Å². The molecule has 0 aliphatic heterocycles. The Kier molecular flexibility index (Phi) is 6.53. The summed E-state index contributed by atoms with van der Waals surface area (Å²) < 4.78 is 15.7. The van der Waals surface area contributed by atoms with Gasteiger partial charge in [-0.2, -0.15) is 0 Å². The van der Waals surface area contributed by atoms with Crippen LogP contribution in [0.15, 0.2) is 18.2 Å². The summed E-state index contributed by atoms with van der Waals surface area (Å²) in [7, 11) is 2.79. The number of hydrogen-bond acceptors (Lipinski definition) is 7. The van der Waals surface area contributed by atoms with Crippen LogP contribution in [0.25, 0.3) is 0 Å². The number of hydrogen-bond donors (Lipinski definition) is 1. The van der Waals surface area contributed by atoms with Crippen LogP contribution in [-0.4, -0.2) is 39.0 Å². The molecule has 1 unspecified atom stereocenters. The second kappa shape index (κ2) is 9.09. The van der Waals surface area contributed by atoms with Crippen molar-refractivity contribution in [2.24, 2.45) is 5.92 Å². The summed E-state index contributed by atoms with van der Waals surface area (Å²) in [5, 5.41) is 3.28. The molecule has 1 aromatic heterocycles. The number of methoxy groups -OCH3 is 2. The third kappa shape index (κ3) is 4.59. The molecule has 1 heterocycles. The molecule has 0 bridgehead atoms. The van der Waals surface area contributed by atoms with E-state index in [0.717, 1.165) is 29.7 Å². The monoisotopic (exact) mass is 417 g/mol. The normalized spacial score (nSPS) is 15.2. The van der Waals surface area contributed by atoms with Crippen LogP contribution in [0.1, 0.15) is 44.5 Å². The first-order chi connectivity index (χ1) is 14.0. The molecule has 1 N–H and O–H groups in total. The lowest BCUT2D eigenvalue weighted by Gasteiger charge is -2.18. The van der Waals surface area contributed by atoms with Crippen LogP contribution in [0.5, 0.6) is 11.5 Å². The lowest BCUT2D eigenvalue weighted by molar-refractivity contribution is -0.118. The highest BCUT2D eigenvalue weighted by molar-refractivity contribution is 7.17. The summed E-state index contributed by atoms with van der Waals surface area (Å²) in [4.78, 5) is 36.8. The van der Waals surface area contributed by atoms with Crippen LogP contribution >= 0.6 is 11.3 Å². The fraction of sp³-hybridized carbons (Fsp3) is 0.381. The number of amides is 1. The molecule has 1 aliphatic carbocycles. The zero-order valence-corrected chi connectivity index (χ0v) is 17.4. The standard InChI is InChI=1S/C21H23NO6S/c1-12-4-6-14-17(8-12)29-20(19(14)21(25)27-3)22-18(24)11-28-15-7-5-13(10-23)9-16(15)26-2/h5,7,9-10,12H,4,6,8,11H2,1-3H3,(H,22,24). The summed E-state index contributed by atoms with van der Waals surface area (Å²) in [5.74, 6) is 0.405. The zero-order valence-electron chi connectivity index (χ0n) is 16.6. The molecule has 1 aliphatic rings. The first-order valence-corrected chi connectivity index (χ1v) is 10.1. The third-order valence-electron chi connectivity index (χ3n) is 4.84. The van der Waals surface area contributed by atoms with Gasteiger partial charge in [0.25, 0.3) is 5.91 Å². The van der Waals surface area contributed by atoms with Crippen molar-refractivity contribution in [3.05, 3.63) is 39.8 Å². The highest BCUT2D eigenvalue weighted by Crippen LogP contribution is 2.40. The molecule has 7 nitrogen and oxygen atoms in total. The van der Waals surface area contributed by atoms with Crippen LogP contribution in [0.3, 0.4) is 0 Å². The Hall–Kier alpha value is -2.87. The van der Waals surface area contributed by atoms with Crippen molar-refractivity contribution in [2.75, 3.05) is 26.1 Å². The number of esters is 1. The average Bonchev–Trinajstić information content (AvgIpc) is 3.08. The predicted molar refractivity (Wildman–Crippen MR) is 109 cm³/mol. The highest BCUT2D eigenvalue weighted by Gasteiger charge is 2.29. The summed E-state index contributed by atoms with van der Waals surface area (Å²) in [6.45, 7) is 1.91. The number of ether oxygens (including phenoxy) is 3. The summed E-state index contributed by atoms with van der Waals surface area (Å²) in [6.07, 6.45) is 3.38. The minimum Gasteiger partial charge on any atom is -0.493 e. The molecule has 8 heteroatoms. The smallest absolute Gasteiger partial charge is 0.341 e. The van der Waals surface area contributed by atoms with E-state index >= 15 is 0 Å². The minimum absolute atomic E-state index is 0.267. The maximum atomic E-state index is 12.5. The van der Waals surface area contributed by atoms with Gasteiger partial charge in [-0.1, -0.05) is 6.92 Å². The molecular formula is C21H23NO6S. The van der Waals surface area contributed by atoms with Gasteiger partial charge in [-0.15, -0.1) is 11.3 Å². The fourth-order valence-electron chi connectivity index (χ4n) is 3.34. The molecule has 0 radical (unpaired) electrons.